The van der Waals surface area contributed by atoms with E-state index in [1.54, 1.807) is 11.3 Å². The van der Waals surface area contributed by atoms with E-state index in [-0.39, 0.29) is 5.91 Å². The van der Waals surface area contributed by atoms with Crippen LogP contribution in [0.5, 0.6) is 0 Å². The lowest BCUT2D eigenvalue weighted by molar-refractivity contribution is 0.0954. The van der Waals surface area contributed by atoms with E-state index in [0.29, 0.717) is 18.5 Å². The highest BCUT2D eigenvalue weighted by molar-refractivity contribution is 7.13. The molecular weight excluding hydrogens is 352 g/mol. The molecular formula is C20H19ClN2OS. The standard InChI is InChI=1S/C20H19ClN2OS/c1-13-3-4-16(11-14(13)2)19(24)22-10-9-18-12-25-20(23-18)15-5-7-17(21)8-6-15/h3-8,11-12H,9-10H2,1-2H3,(H,22,24). The minimum atomic E-state index is -0.0451. The molecule has 0 unspecified atom stereocenters. The highest BCUT2D eigenvalue weighted by atomic mass is 35.5. The Morgan fingerprint density at radius 3 is 2.60 bits per heavy atom. The van der Waals surface area contributed by atoms with Gasteiger partial charge < -0.3 is 5.32 Å². The fraction of sp³-hybridized carbons (Fsp3) is 0.200. The number of aromatic nitrogens is 1. The normalized spacial score (nSPS) is 10.7. The molecule has 0 fully saturated rings. The van der Waals surface area contributed by atoms with E-state index in [1.165, 1.54) is 5.56 Å². The zero-order valence-electron chi connectivity index (χ0n) is 14.2. The minimum Gasteiger partial charge on any atom is -0.352 e. The number of halogens is 1. The molecule has 0 aliphatic heterocycles. The molecule has 3 nitrogen and oxygen atoms in total. The summed E-state index contributed by atoms with van der Waals surface area (Å²) in [7, 11) is 0. The summed E-state index contributed by atoms with van der Waals surface area (Å²) in [5, 5.41) is 6.67. The Hall–Kier alpha value is -2.17. The number of thiazole rings is 1. The summed E-state index contributed by atoms with van der Waals surface area (Å²) in [6.07, 6.45) is 0.709. The van der Waals surface area contributed by atoms with Crippen LogP contribution in [0, 0.1) is 13.8 Å². The second kappa shape index (κ2) is 7.81. The van der Waals surface area contributed by atoms with Crippen LogP contribution in [0.1, 0.15) is 27.2 Å². The molecule has 1 aromatic heterocycles. The van der Waals surface area contributed by atoms with Crippen molar-refractivity contribution in [3.63, 3.8) is 0 Å². The number of aryl methyl sites for hydroxylation is 2. The molecule has 0 aliphatic carbocycles. The Balaban J connectivity index is 1.56. The van der Waals surface area contributed by atoms with Crippen LogP contribution in [0.2, 0.25) is 5.02 Å². The number of carbonyl (C=O) groups is 1. The molecule has 0 spiro atoms. The van der Waals surface area contributed by atoms with Gasteiger partial charge in [-0.1, -0.05) is 29.8 Å². The summed E-state index contributed by atoms with van der Waals surface area (Å²) in [4.78, 5) is 16.8. The number of nitrogens with zero attached hydrogens (tertiary/aromatic N) is 1. The predicted octanol–water partition coefficient (Wildman–Crippen LogP) is 5.05. The molecule has 0 radical (unpaired) electrons. The van der Waals surface area contributed by atoms with Crippen LogP contribution < -0.4 is 5.32 Å². The van der Waals surface area contributed by atoms with Crippen molar-refractivity contribution in [2.45, 2.75) is 20.3 Å². The van der Waals surface area contributed by atoms with Crippen molar-refractivity contribution in [2.75, 3.05) is 6.54 Å². The van der Waals surface area contributed by atoms with Crippen LogP contribution in [-0.2, 0) is 6.42 Å². The van der Waals surface area contributed by atoms with Gasteiger partial charge in [0.25, 0.3) is 5.91 Å². The molecule has 1 amide bonds. The Bertz CT molecular complexity index is 887. The number of carbonyl (C=O) groups excluding carboxylic acids is 1. The quantitative estimate of drug-likeness (QED) is 0.682. The van der Waals surface area contributed by atoms with Crippen LogP contribution in [-0.4, -0.2) is 17.4 Å². The first-order chi connectivity index (χ1) is 12.0. The third-order valence-electron chi connectivity index (χ3n) is 4.08. The van der Waals surface area contributed by atoms with Crippen LogP contribution >= 0.6 is 22.9 Å². The van der Waals surface area contributed by atoms with Crippen LogP contribution in [0.25, 0.3) is 10.6 Å². The molecule has 0 saturated carbocycles. The van der Waals surface area contributed by atoms with Crippen LogP contribution in [0.3, 0.4) is 0 Å². The minimum absolute atomic E-state index is 0.0451. The summed E-state index contributed by atoms with van der Waals surface area (Å²) < 4.78 is 0. The number of hydrogen-bond acceptors (Lipinski definition) is 3. The van der Waals surface area contributed by atoms with E-state index >= 15 is 0 Å². The molecule has 128 valence electrons. The van der Waals surface area contributed by atoms with Gasteiger partial charge in [-0.3, -0.25) is 4.79 Å². The highest BCUT2D eigenvalue weighted by Gasteiger charge is 2.08. The molecule has 3 aromatic rings. The number of benzene rings is 2. The lowest BCUT2D eigenvalue weighted by Gasteiger charge is -2.06. The monoisotopic (exact) mass is 370 g/mol. The molecule has 1 N–H and O–H groups in total. The van der Waals surface area contributed by atoms with E-state index in [0.717, 1.165) is 26.9 Å². The van der Waals surface area contributed by atoms with Gasteiger partial charge in [-0.05, 0) is 49.2 Å². The predicted molar refractivity (Wildman–Crippen MR) is 105 cm³/mol. The molecule has 0 saturated heterocycles. The average Bonchev–Trinajstić information content (AvgIpc) is 3.06. The second-order valence-corrected chi connectivity index (χ2v) is 7.25. The van der Waals surface area contributed by atoms with Gasteiger partial charge in [-0.2, -0.15) is 0 Å². The molecule has 0 aliphatic rings. The van der Waals surface area contributed by atoms with Gasteiger partial charge in [0.15, 0.2) is 0 Å². The zero-order chi connectivity index (χ0) is 17.8. The molecule has 5 heteroatoms. The first kappa shape index (κ1) is 17.6. The van der Waals surface area contributed by atoms with Gasteiger partial charge in [-0.25, -0.2) is 4.98 Å². The molecule has 2 aromatic carbocycles. The number of hydrogen-bond donors (Lipinski definition) is 1. The van der Waals surface area contributed by atoms with E-state index < -0.39 is 0 Å². The molecule has 3 rings (SSSR count). The largest absolute Gasteiger partial charge is 0.352 e. The van der Waals surface area contributed by atoms with Crippen molar-refractivity contribution in [2.24, 2.45) is 0 Å². The van der Waals surface area contributed by atoms with Gasteiger partial charge in [0.1, 0.15) is 5.01 Å². The van der Waals surface area contributed by atoms with Gasteiger partial charge in [-0.15, -0.1) is 11.3 Å². The smallest absolute Gasteiger partial charge is 0.251 e. The van der Waals surface area contributed by atoms with Gasteiger partial charge in [0, 0.05) is 34.5 Å². The summed E-state index contributed by atoms with van der Waals surface area (Å²) >= 11 is 7.51. The van der Waals surface area contributed by atoms with Crippen LogP contribution in [0.15, 0.2) is 47.8 Å². The molecule has 1 heterocycles. The fourth-order valence-corrected chi connectivity index (χ4v) is 3.42. The van der Waals surface area contributed by atoms with Crippen molar-refractivity contribution < 1.29 is 4.79 Å². The number of nitrogens with one attached hydrogen (secondary N) is 1. The Kier molecular flexibility index (Phi) is 5.51. The first-order valence-corrected chi connectivity index (χ1v) is 9.34. The maximum Gasteiger partial charge on any atom is 0.251 e. The van der Waals surface area contributed by atoms with E-state index in [4.69, 9.17) is 11.6 Å². The third-order valence-corrected chi connectivity index (χ3v) is 5.27. The van der Waals surface area contributed by atoms with Gasteiger partial charge >= 0.3 is 0 Å². The maximum absolute atomic E-state index is 12.2. The topological polar surface area (TPSA) is 42.0 Å². The van der Waals surface area contributed by atoms with Crippen molar-refractivity contribution in [3.05, 3.63) is 75.3 Å². The van der Waals surface area contributed by atoms with E-state index in [1.807, 2.05) is 61.7 Å². The Labute approximate surface area is 156 Å². The fourth-order valence-electron chi connectivity index (χ4n) is 2.44. The molecule has 0 bridgehead atoms. The zero-order valence-corrected chi connectivity index (χ0v) is 15.7. The lowest BCUT2D eigenvalue weighted by atomic mass is 10.1. The van der Waals surface area contributed by atoms with Crippen molar-refractivity contribution in [1.82, 2.24) is 10.3 Å². The Morgan fingerprint density at radius 2 is 1.88 bits per heavy atom. The van der Waals surface area contributed by atoms with E-state index in [9.17, 15) is 4.79 Å². The van der Waals surface area contributed by atoms with E-state index in [2.05, 4.69) is 10.3 Å². The lowest BCUT2D eigenvalue weighted by Crippen LogP contribution is -2.25. The highest BCUT2D eigenvalue weighted by Crippen LogP contribution is 2.25. The third kappa shape index (κ3) is 4.47. The maximum atomic E-state index is 12.2. The van der Waals surface area contributed by atoms with Crippen molar-refractivity contribution in [3.8, 4) is 10.6 Å². The first-order valence-electron chi connectivity index (χ1n) is 8.09. The number of amides is 1. The summed E-state index contributed by atoms with van der Waals surface area (Å²) in [5.74, 6) is -0.0451. The number of rotatable bonds is 5. The van der Waals surface area contributed by atoms with Crippen molar-refractivity contribution >= 4 is 28.8 Å². The summed E-state index contributed by atoms with van der Waals surface area (Å²) in [6.45, 7) is 4.62. The van der Waals surface area contributed by atoms with Crippen molar-refractivity contribution in [1.29, 1.82) is 0 Å². The summed E-state index contributed by atoms with van der Waals surface area (Å²) in [6, 6.07) is 13.4. The van der Waals surface area contributed by atoms with Crippen LogP contribution in [0.4, 0.5) is 0 Å². The molecule has 0 atom stereocenters. The van der Waals surface area contributed by atoms with Gasteiger partial charge in [0.2, 0.25) is 0 Å². The van der Waals surface area contributed by atoms with Gasteiger partial charge in [0.05, 0.1) is 5.69 Å². The average molecular weight is 371 g/mol. The summed E-state index contributed by atoms with van der Waals surface area (Å²) in [5.41, 5.74) is 5.05. The SMILES string of the molecule is Cc1ccc(C(=O)NCCc2csc(-c3ccc(Cl)cc3)n2)cc1C. The molecule has 25 heavy (non-hydrogen) atoms. The second-order valence-electron chi connectivity index (χ2n) is 5.96. The Morgan fingerprint density at radius 1 is 1.12 bits per heavy atom.